The monoisotopic (exact) mass is 434 g/mol. The van der Waals surface area contributed by atoms with Crippen LogP contribution in [0, 0.1) is 6.92 Å². The van der Waals surface area contributed by atoms with E-state index in [1.807, 2.05) is 31.2 Å². The van der Waals surface area contributed by atoms with Crippen molar-refractivity contribution < 1.29 is 14.3 Å². The minimum absolute atomic E-state index is 0.0110. The number of rotatable bonds is 6. The van der Waals surface area contributed by atoms with E-state index in [4.69, 9.17) is 9.47 Å². The van der Waals surface area contributed by atoms with E-state index in [-0.39, 0.29) is 18.1 Å². The van der Waals surface area contributed by atoms with Crippen LogP contribution in [0.15, 0.2) is 65.5 Å². The third kappa shape index (κ3) is 4.91. The van der Waals surface area contributed by atoms with Crippen molar-refractivity contribution in [2.75, 3.05) is 44.8 Å². The molecule has 0 saturated carbocycles. The minimum atomic E-state index is -0.179. The number of carbonyl (C=O) groups excluding carboxylic acids is 1. The maximum Gasteiger partial charge on any atom is 0.271 e. The summed E-state index contributed by atoms with van der Waals surface area (Å²) in [6.07, 6.45) is 0. The molecule has 8 nitrogen and oxygen atoms in total. The van der Waals surface area contributed by atoms with Gasteiger partial charge in [-0.2, -0.15) is 4.68 Å². The Kier molecular flexibility index (Phi) is 6.39. The van der Waals surface area contributed by atoms with E-state index < -0.39 is 0 Å². The Labute approximate surface area is 186 Å². The highest BCUT2D eigenvalue weighted by atomic mass is 16.5. The number of nitrogens with zero attached hydrogens (tertiary/aromatic N) is 4. The standard InChI is InChI=1S/C24H26N4O4/c1-18-3-5-19(6-4-18)28-23(29)12-11-22(25-28)26-13-15-27(16-14-26)24(30)17-32-21-9-7-20(31-2)8-10-21/h3-12H,13-17H2,1-2H3. The van der Waals surface area contributed by atoms with E-state index in [0.717, 1.165) is 17.0 Å². The number of amides is 1. The van der Waals surface area contributed by atoms with Crippen LogP contribution in [0.3, 0.4) is 0 Å². The molecule has 0 unspecified atom stereocenters. The van der Waals surface area contributed by atoms with Gasteiger partial charge in [0.05, 0.1) is 12.8 Å². The molecule has 1 aliphatic heterocycles. The second-order valence-corrected chi connectivity index (χ2v) is 7.61. The van der Waals surface area contributed by atoms with Gasteiger partial charge < -0.3 is 19.3 Å². The molecule has 32 heavy (non-hydrogen) atoms. The molecule has 1 saturated heterocycles. The van der Waals surface area contributed by atoms with Crippen LogP contribution in [0.1, 0.15) is 5.56 Å². The summed E-state index contributed by atoms with van der Waals surface area (Å²) in [5.41, 5.74) is 1.67. The van der Waals surface area contributed by atoms with Gasteiger partial charge in [0.15, 0.2) is 6.61 Å². The van der Waals surface area contributed by atoms with Crippen LogP contribution in [0.2, 0.25) is 0 Å². The minimum Gasteiger partial charge on any atom is -0.497 e. The highest BCUT2D eigenvalue weighted by molar-refractivity contribution is 5.78. The van der Waals surface area contributed by atoms with Crippen LogP contribution in [0.5, 0.6) is 11.5 Å². The molecule has 3 aromatic rings. The van der Waals surface area contributed by atoms with Gasteiger partial charge in [-0.05, 0) is 49.4 Å². The maximum atomic E-state index is 12.5. The Hall–Kier alpha value is -3.81. The lowest BCUT2D eigenvalue weighted by Gasteiger charge is -2.35. The van der Waals surface area contributed by atoms with E-state index in [1.54, 1.807) is 42.3 Å². The number of anilines is 1. The molecule has 0 spiro atoms. The van der Waals surface area contributed by atoms with Crippen LogP contribution < -0.4 is 19.9 Å². The van der Waals surface area contributed by atoms with E-state index in [0.29, 0.717) is 37.7 Å². The number of methoxy groups -OCH3 is 1. The van der Waals surface area contributed by atoms with Gasteiger partial charge in [0, 0.05) is 32.2 Å². The van der Waals surface area contributed by atoms with E-state index >= 15 is 0 Å². The number of aromatic nitrogens is 2. The van der Waals surface area contributed by atoms with Crippen LogP contribution in [0.25, 0.3) is 5.69 Å². The van der Waals surface area contributed by atoms with Crippen molar-refractivity contribution in [3.05, 3.63) is 76.6 Å². The first-order valence-corrected chi connectivity index (χ1v) is 10.5. The van der Waals surface area contributed by atoms with Gasteiger partial charge >= 0.3 is 0 Å². The highest BCUT2D eigenvalue weighted by Crippen LogP contribution is 2.18. The smallest absolute Gasteiger partial charge is 0.271 e. The number of piperazine rings is 1. The Balaban J connectivity index is 1.35. The summed E-state index contributed by atoms with van der Waals surface area (Å²) in [6.45, 7) is 4.38. The molecular weight excluding hydrogens is 408 g/mol. The normalized spacial score (nSPS) is 13.7. The fourth-order valence-electron chi connectivity index (χ4n) is 3.53. The molecule has 0 N–H and O–H groups in total. The number of ether oxygens (including phenoxy) is 2. The lowest BCUT2D eigenvalue weighted by atomic mass is 10.2. The van der Waals surface area contributed by atoms with Gasteiger partial charge in [-0.25, -0.2) is 0 Å². The lowest BCUT2D eigenvalue weighted by Crippen LogP contribution is -2.50. The predicted octanol–water partition coefficient (Wildman–Crippen LogP) is 2.28. The van der Waals surface area contributed by atoms with E-state index in [9.17, 15) is 9.59 Å². The summed E-state index contributed by atoms with van der Waals surface area (Å²) >= 11 is 0. The largest absolute Gasteiger partial charge is 0.497 e. The maximum absolute atomic E-state index is 12.5. The summed E-state index contributed by atoms with van der Waals surface area (Å²) in [7, 11) is 1.60. The second kappa shape index (κ2) is 9.55. The molecule has 8 heteroatoms. The first-order chi connectivity index (χ1) is 15.5. The molecule has 0 bridgehead atoms. The van der Waals surface area contributed by atoms with Crippen molar-refractivity contribution in [3.63, 3.8) is 0 Å². The number of hydrogen-bond donors (Lipinski definition) is 0. The molecule has 1 aliphatic rings. The summed E-state index contributed by atoms with van der Waals surface area (Å²) < 4.78 is 12.1. The van der Waals surface area contributed by atoms with Crippen molar-refractivity contribution in [2.24, 2.45) is 0 Å². The molecule has 1 aromatic heterocycles. The molecule has 0 aliphatic carbocycles. The second-order valence-electron chi connectivity index (χ2n) is 7.61. The molecular formula is C24H26N4O4. The number of benzene rings is 2. The Morgan fingerprint density at radius 2 is 1.56 bits per heavy atom. The zero-order chi connectivity index (χ0) is 22.5. The third-order valence-electron chi connectivity index (χ3n) is 5.44. The molecule has 0 atom stereocenters. The lowest BCUT2D eigenvalue weighted by molar-refractivity contribution is -0.133. The molecule has 2 heterocycles. The molecule has 4 rings (SSSR count). The average molecular weight is 434 g/mol. The molecule has 1 fully saturated rings. The fraction of sp³-hybridized carbons (Fsp3) is 0.292. The summed E-state index contributed by atoms with van der Waals surface area (Å²) in [4.78, 5) is 28.7. The van der Waals surface area contributed by atoms with Gasteiger partial charge in [-0.15, -0.1) is 5.10 Å². The average Bonchev–Trinajstić information content (AvgIpc) is 2.84. The summed E-state index contributed by atoms with van der Waals surface area (Å²) in [6, 6.07) is 18.1. The Morgan fingerprint density at radius 1 is 0.906 bits per heavy atom. The van der Waals surface area contributed by atoms with Gasteiger partial charge in [0.1, 0.15) is 17.3 Å². The first kappa shape index (κ1) is 21.4. The van der Waals surface area contributed by atoms with Crippen molar-refractivity contribution >= 4 is 11.7 Å². The Bertz CT molecular complexity index is 1120. The first-order valence-electron chi connectivity index (χ1n) is 10.5. The molecule has 1 amide bonds. The van der Waals surface area contributed by atoms with Crippen LogP contribution >= 0.6 is 0 Å². The van der Waals surface area contributed by atoms with Crippen molar-refractivity contribution in [1.29, 1.82) is 0 Å². The van der Waals surface area contributed by atoms with E-state index in [2.05, 4.69) is 10.00 Å². The SMILES string of the molecule is COc1ccc(OCC(=O)N2CCN(c3ccc(=O)n(-c4ccc(C)cc4)n3)CC2)cc1. The van der Waals surface area contributed by atoms with Gasteiger partial charge in [-0.3, -0.25) is 9.59 Å². The Morgan fingerprint density at radius 3 is 2.22 bits per heavy atom. The predicted molar refractivity (Wildman–Crippen MR) is 122 cm³/mol. The number of aryl methyl sites for hydroxylation is 1. The van der Waals surface area contributed by atoms with Crippen LogP contribution in [0.4, 0.5) is 5.82 Å². The topological polar surface area (TPSA) is 76.9 Å². The van der Waals surface area contributed by atoms with Gasteiger partial charge in [0.25, 0.3) is 11.5 Å². The fourth-order valence-corrected chi connectivity index (χ4v) is 3.53. The van der Waals surface area contributed by atoms with Gasteiger partial charge in [-0.1, -0.05) is 17.7 Å². The zero-order valence-electron chi connectivity index (χ0n) is 18.2. The van der Waals surface area contributed by atoms with Gasteiger partial charge in [0.2, 0.25) is 0 Å². The summed E-state index contributed by atoms with van der Waals surface area (Å²) in [5, 5.41) is 4.55. The van der Waals surface area contributed by atoms with Crippen molar-refractivity contribution in [1.82, 2.24) is 14.7 Å². The number of hydrogen-bond acceptors (Lipinski definition) is 6. The third-order valence-corrected chi connectivity index (χ3v) is 5.44. The highest BCUT2D eigenvalue weighted by Gasteiger charge is 2.22. The van der Waals surface area contributed by atoms with Crippen molar-refractivity contribution in [3.8, 4) is 17.2 Å². The van der Waals surface area contributed by atoms with E-state index in [1.165, 1.54) is 10.7 Å². The van der Waals surface area contributed by atoms with Crippen molar-refractivity contribution in [2.45, 2.75) is 6.92 Å². The number of carbonyl (C=O) groups is 1. The molecule has 0 radical (unpaired) electrons. The zero-order valence-corrected chi connectivity index (χ0v) is 18.2. The summed E-state index contributed by atoms with van der Waals surface area (Å²) in [5.74, 6) is 2.02. The van der Waals surface area contributed by atoms with Crippen LogP contribution in [-0.4, -0.2) is 60.5 Å². The molecule has 166 valence electrons. The van der Waals surface area contributed by atoms with Crippen LogP contribution in [-0.2, 0) is 4.79 Å². The molecule has 2 aromatic carbocycles. The quantitative estimate of drug-likeness (QED) is 0.593.